The van der Waals surface area contributed by atoms with Gasteiger partial charge in [-0.3, -0.25) is 9.78 Å². The molecule has 2 aromatic carbocycles. The van der Waals surface area contributed by atoms with Crippen LogP contribution in [0.5, 0.6) is 0 Å². The molecule has 2 unspecified atom stereocenters. The molecule has 25 heavy (non-hydrogen) atoms. The summed E-state index contributed by atoms with van der Waals surface area (Å²) in [6.07, 6.45) is 1.92. The summed E-state index contributed by atoms with van der Waals surface area (Å²) >= 11 is 0. The van der Waals surface area contributed by atoms with Crippen molar-refractivity contribution in [1.82, 2.24) is 10.3 Å². The largest absolute Gasteiger partial charge is 0.393 e. The second-order valence-corrected chi connectivity index (χ2v) is 6.31. The third kappa shape index (κ3) is 4.43. The highest BCUT2D eigenvalue weighted by Gasteiger charge is 2.16. The van der Waals surface area contributed by atoms with E-state index in [1.807, 2.05) is 54.6 Å². The summed E-state index contributed by atoms with van der Waals surface area (Å²) in [5.41, 5.74) is 2.60. The minimum atomic E-state index is -0.422. The van der Waals surface area contributed by atoms with E-state index in [1.165, 1.54) is 0 Å². The van der Waals surface area contributed by atoms with Gasteiger partial charge in [-0.15, -0.1) is 0 Å². The molecule has 3 aromatic rings. The lowest BCUT2D eigenvalue weighted by Gasteiger charge is -2.19. The zero-order chi connectivity index (χ0) is 17.6. The van der Waals surface area contributed by atoms with E-state index in [0.717, 1.165) is 16.5 Å². The van der Waals surface area contributed by atoms with Gasteiger partial charge in [0.25, 0.3) is 5.91 Å². The molecule has 0 aliphatic heterocycles. The summed E-state index contributed by atoms with van der Waals surface area (Å²) < 4.78 is 0. The van der Waals surface area contributed by atoms with Crippen LogP contribution in [0.15, 0.2) is 66.9 Å². The normalized spacial score (nSPS) is 13.4. The number of hydrogen-bond acceptors (Lipinski definition) is 3. The number of amides is 1. The fraction of sp³-hybridized carbons (Fsp3) is 0.238. The number of rotatable bonds is 6. The molecule has 128 valence electrons. The number of pyridine rings is 1. The van der Waals surface area contributed by atoms with E-state index < -0.39 is 6.10 Å². The number of benzene rings is 2. The lowest BCUT2D eigenvalue weighted by atomic mass is 9.93. The van der Waals surface area contributed by atoms with Crippen molar-refractivity contribution in [1.29, 1.82) is 0 Å². The number of carbonyl (C=O) groups excluding carboxylic acids is 1. The van der Waals surface area contributed by atoms with Gasteiger partial charge in [-0.2, -0.15) is 0 Å². The Morgan fingerprint density at radius 3 is 2.68 bits per heavy atom. The molecule has 0 radical (unpaired) electrons. The molecule has 1 aromatic heterocycles. The van der Waals surface area contributed by atoms with E-state index in [2.05, 4.69) is 10.3 Å². The van der Waals surface area contributed by atoms with Gasteiger partial charge in [-0.25, -0.2) is 0 Å². The maximum absolute atomic E-state index is 12.5. The van der Waals surface area contributed by atoms with Crippen LogP contribution in [0.2, 0.25) is 0 Å². The van der Waals surface area contributed by atoms with Crippen LogP contribution >= 0.6 is 0 Å². The van der Waals surface area contributed by atoms with Crippen LogP contribution in [0.1, 0.15) is 35.2 Å². The Hall–Kier alpha value is -2.72. The van der Waals surface area contributed by atoms with Gasteiger partial charge < -0.3 is 10.4 Å². The predicted molar refractivity (Wildman–Crippen MR) is 99.6 cm³/mol. The lowest BCUT2D eigenvalue weighted by molar-refractivity contribution is 0.0945. The van der Waals surface area contributed by atoms with Gasteiger partial charge in [-0.1, -0.05) is 36.4 Å². The third-order valence-electron chi connectivity index (χ3n) is 4.27. The number of fused-ring (bicyclic) bond motifs is 1. The summed E-state index contributed by atoms with van der Waals surface area (Å²) in [7, 11) is 0. The minimum absolute atomic E-state index is 0.0762. The predicted octanol–water partition coefficient (Wildman–Crippen LogP) is 3.52. The molecule has 1 amide bonds. The van der Waals surface area contributed by atoms with Gasteiger partial charge in [0.15, 0.2) is 0 Å². The minimum Gasteiger partial charge on any atom is -0.393 e. The Labute approximate surface area is 147 Å². The molecule has 0 aliphatic rings. The lowest BCUT2D eigenvalue weighted by Crippen LogP contribution is -2.29. The first-order valence-electron chi connectivity index (χ1n) is 8.49. The Morgan fingerprint density at radius 1 is 1.12 bits per heavy atom. The summed E-state index contributed by atoms with van der Waals surface area (Å²) in [5, 5.41) is 13.7. The molecule has 0 aliphatic carbocycles. The fourth-order valence-electron chi connectivity index (χ4n) is 3.01. The highest BCUT2D eigenvalue weighted by molar-refractivity contribution is 5.97. The fourth-order valence-corrected chi connectivity index (χ4v) is 3.01. The van der Waals surface area contributed by atoms with E-state index in [-0.39, 0.29) is 11.8 Å². The van der Waals surface area contributed by atoms with Gasteiger partial charge in [0, 0.05) is 29.6 Å². The molecule has 0 saturated carbocycles. The van der Waals surface area contributed by atoms with Crippen molar-refractivity contribution in [2.24, 2.45) is 0 Å². The number of nitrogens with one attached hydrogen (secondary N) is 1. The van der Waals surface area contributed by atoms with Crippen LogP contribution in [-0.2, 0) is 0 Å². The van der Waals surface area contributed by atoms with E-state index in [0.29, 0.717) is 18.5 Å². The molecular formula is C21H22N2O2. The van der Waals surface area contributed by atoms with Gasteiger partial charge in [0.2, 0.25) is 0 Å². The monoisotopic (exact) mass is 334 g/mol. The average Bonchev–Trinajstić information content (AvgIpc) is 2.65. The highest BCUT2D eigenvalue weighted by Crippen LogP contribution is 2.21. The molecule has 4 nitrogen and oxygen atoms in total. The number of aromatic nitrogens is 1. The molecule has 0 saturated heterocycles. The average molecular weight is 334 g/mol. The zero-order valence-corrected chi connectivity index (χ0v) is 14.2. The molecule has 0 spiro atoms. The SMILES string of the molecule is CC(O)CC(CNC(=O)c1ccc2ncccc2c1)c1ccccc1. The Morgan fingerprint density at radius 2 is 1.92 bits per heavy atom. The van der Waals surface area contributed by atoms with Crippen LogP contribution in [0, 0.1) is 0 Å². The van der Waals surface area contributed by atoms with Crippen LogP contribution < -0.4 is 5.32 Å². The van der Waals surface area contributed by atoms with Crippen molar-refractivity contribution in [3.63, 3.8) is 0 Å². The van der Waals surface area contributed by atoms with Crippen LogP contribution in [0.4, 0.5) is 0 Å². The molecule has 0 bridgehead atoms. The zero-order valence-electron chi connectivity index (χ0n) is 14.2. The van der Waals surface area contributed by atoms with Crippen molar-refractivity contribution in [3.8, 4) is 0 Å². The topological polar surface area (TPSA) is 62.2 Å². The van der Waals surface area contributed by atoms with Crippen LogP contribution in [0.25, 0.3) is 10.9 Å². The van der Waals surface area contributed by atoms with E-state index >= 15 is 0 Å². The van der Waals surface area contributed by atoms with Crippen LogP contribution in [-0.4, -0.2) is 28.6 Å². The summed E-state index contributed by atoms with van der Waals surface area (Å²) in [6.45, 7) is 2.26. The second kappa shape index (κ2) is 7.90. The van der Waals surface area contributed by atoms with Gasteiger partial charge >= 0.3 is 0 Å². The first-order chi connectivity index (χ1) is 12.1. The van der Waals surface area contributed by atoms with E-state index in [4.69, 9.17) is 0 Å². The Bertz CT molecular complexity index is 847. The molecule has 0 fully saturated rings. The van der Waals surface area contributed by atoms with Crippen molar-refractivity contribution < 1.29 is 9.90 Å². The van der Waals surface area contributed by atoms with E-state index in [9.17, 15) is 9.90 Å². The first kappa shape index (κ1) is 17.1. The number of aliphatic hydroxyl groups is 1. The third-order valence-corrected chi connectivity index (χ3v) is 4.27. The maximum atomic E-state index is 12.5. The molecule has 3 rings (SSSR count). The second-order valence-electron chi connectivity index (χ2n) is 6.31. The van der Waals surface area contributed by atoms with Gasteiger partial charge in [0.1, 0.15) is 0 Å². The van der Waals surface area contributed by atoms with Crippen molar-refractivity contribution in [2.75, 3.05) is 6.54 Å². The van der Waals surface area contributed by atoms with Crippen LogP contribution in [0.3, 0.4) is 0 Å². The highest BCUT2D eigenvalue weighted by atomic mass is 16.3. The number of aliphatic hydroxyl groups excluding tert-OH is 1. The molecule has 1 heterocycles. The van der Waals surface area contributed by atoms with Crippen molar-refractivity contribution in [3.05, 3.63) is 78.0 Å². The van der Waals surface area contributed by atoms with Gasteiger partial charge in [0.05, 0.1) is 11.6 Å². The summed E-state index contributed by atoms with van der Waals surface area (Å²) in [5.74, 6) is -0.0375. The first-order valence-corrected chi connectivity index (χ1v) is 8.49. The maximum Gasteiger partial charge on any atom is 0.251 e. The standard InChI is InChI=1S/C21H22N2O2/c1-15(24)12-19(16-6-3-2-4-7-16)14-23-21(25)18-9-10-20-17(13-18)8-5-11-22-20/h2-11,13,15,19,24H,12,14H2,1H3,(H,23,25). The van der Waals surface area contributed by atoms with E-state index in [1.54, 1.807) is 19.2 Å². The summed E-state index contributed by atoms with van der Waals surface area (Å²) in [4.78, 5) is 16.8. The Balaban J connectivity index is 1.71. The molecule has 4 heteroatoms. The molecule has 2 atom stereocenters. The number of carbonyl (C=O) groups is 1. The molecule has 2 N–H and O–H groups in total. The summed E-state index contributed by atoms with van der Waals surface area (Å²) in [6, 6.07) is 19.3. The van der Waals surface area contributed by atoms with Crippen molar-refractivity contribution in [2.45, 2.75) is 25.4 Å². The van der Waals surface area contributed by atoms with Gasteiger partial charge in [-0.05, 0) is 43.2 Å². The number of hydrogen-bond donors (Lipinski definition) is 2. The smallest absolute Gasteiger partial charge is 0.251 e. The molecular weight excluding hydrogens is 312 g/mol. The van der Waals surface area contributed by atoms with Crippen molar-refractivity contribution >= 4 is 16.8 Å². The Kier molecular flexibility index (Phi) is 5.41. The quantitative estimate of drug-likeness (QED) is 0.725. The number of nitrogens with zero attached hydrogens (tertiary/aromatic N) is 1.